The summed E-state index contributed by atoms with van der Waals surface area (Å²) in [5, 5.41) is 30.1. The highest BCUT2D eigenvalue weighted by Gasteiger charge is 1.79. The lowest BCUT2D eigenvalue weighted by Gasteiger charge is -1.94. The zero-order valence-corrected chi connectivity index (χ0v) is 8.22. The van der Waals surface area contributed by atoms with E-state index in [0.717, 1.165) is 0 Å². The van der Waals surface area contributed by atoms with Crippen LogP contribution >= 0.6 is 0 Å². The zero-order chi connectivity index (χ0) is 11.8. The summed E-state index contributed by atoms with van der Waals surface area (Å²) in [6.07, 6.45) is -0.0833. The average molecular weight is 210 g/mol. The summed E-state index contributed by atoms with van der Waals surface area (Å²) in [4.78, 5) is 8.56. The van der Waals surface area contributed by atoms with Gasteiger partial charge >= 0.3 is 6.16 Å². The highest BCUT2D eigenvalue weighted by Crippen LogP contribution is 1.68. The Morgan fingerprint density at radius 2 is 1.50 bits per heavy atom. The van der Waals surface area contributed by atoms with Gasteiger partial charge in [-0.3, -0.25) is 0 Å². The van der Waals surface area contributed by atoms with Crippen LogP contribution in [-0.4, -0.2) is 53.0 Å². The molecule has 0 aromatic heterocycles. The van der Waals surface area contributed by atoms with Gasteiger partial charge in [-0.25, -0.2) is 4.79 Å². The Balaban J connectivity index is -0.000000147. The Kier molecular flexibility index (Phi) is 30.1. The number of aliphatic hydroxyl groups excluding tert-OH is 2. The summed E-state index contributed by atoms with van der Waals surface area (Å²) in [6.45, 7) is 5.95. The number of aliphatic hydroxyl groups is 2. The zero-order valence-electron chi connectivity index (χ0n) is 8.22. The van der Waals surface area contributed by atoms with Gasteiger partial charge in [-0.1, -0.05) is 6.08 Å². The van der Waals surface area contributed by atoms with Gasteiger partial charge < -0.3 is 25.2 Å². The van der Waals surface area contributed by atoms with Crippen molar-refractivity contribution >= 4 is 6.16 Å². The second kappa shape index (κ2) is 22.7. The molecular formula is C8H18O6. The third kappa shape index (κ3) is 128. The standard InChI is InChI=1S/C4H10O3.C3H6.CH2O3/c5-1-3-7-4-2-6;1-3-2;2-1(3)4/h5-6H,1-4H2;3H,1H2,2H3;(H2,2,3,4). The highest BCUT2D eigenvalue weighted by atomic mass is 16.6. The van der Waals surface area contributed by atoms with Gasteiger partial charge in [0.1, 0.15) is 0 Å². The molecule has 0 fully saturated rings. The van der Waals surface area contributed by atoms with Crippen molar-refractivity contribution in [2.45, 2.75) is 6.92 Å². The molecule has 0 saturated carbocycles. The van der Waals surface area contributed by atoms with Gasteiger partial charge in [0.15, 0.2) is 0 Å². The molecule has 0 rings (SSSR count). The van der Waals surface area contributed by atoms with E-state index in [0.29, 0.717) is 13.2 Å². The van der Waals surface area contributed by atoms with E-state index >= 15 is 0 Å². The molecule has 86 valence electrons. The number of hydrogen-bond donors (Lipinski definition) is 4. The summed E-state index contributed by atoms with van der Waals surface area (Å²) in [7, 11) is 0. The average Bonchev–Trinajstić information content (AvgIpc) is 2.06. The summed E-state index contributed by atoms with van der Waals surface area (Å²) in [6, 6.07) is 0. The normalized spacial score (nSPS) is 7.36. The van der Waals surface area contributed by atoms with E-state index in [-0.39, 0.29) is 13.2 Å². The molecule has 0 bridgehead atoms. The molecule has 0 aromatic carbocycles. The molecule has 6 heteroatoms. The van der Waals surface area contributed by atoms with E-state index in [2.05, 4.69) is 11.3 Å². The van der Waals surface area contributed by atoms with Crippen LogP contribution in [0.4, 0.5) is 4.79 Å². The Bertz CT molecular complexity index is 106. The summed E-state index contributed by atoms with van der Waals surface area (Å²) in [5.74, 6) is 0. The van der Waals surface area contributed by atoms with Gasteiger partial charge in [0.05, 0.1) is 26.4 Å². The smallest absolute Gasteiger partial charge is 0.450 e. The van der Waals surface area contributed by atoms with Crippen LogP contribution in [0.15, 0.2) is 12.7 Å². The van der Waals surface area contributed by atoms with Crippen molar-refractivity contribution in [2.24, 2.45) is 0 Å². The maximum atomic E-state index is 8.56. The van der Waals surface area contributed by atoms with Crippen LogP contribution in [0.3, 0.4) is 0 Å². The fourth-order valence-electron chi connectivity index (χ4n) is 0.231. The molecule has 0 unspecified atom stereocenters. The molecule has 0 aliphatic heterocycles. The van der Waals surface area contributed by atoms with Gasteiger partial charge in [0.2, 0.25) is 0 Å². The Hall–Kier alpha value is -1.11. The van der Waals surface area contributed by atoms with Crippen LogP contribution in [0, 0.1) is 0 Å². The fourth-order valence-corrected chi connectivity index (χ4v) is 0.231. The third-order valence-corrected chi connectivity index (χ3v) is 0.471. The predicted octanol–water partition coefficient (Wildman–Crippen LogP) is 0.402. The van der Waals surface area contributed by atoms with Crippen LogP contribution in [-0.2, 0) is 4.74 Å². The number of carbonyl (C=O) groups is 1. The SMILES string of the molecule is C=CC.O=C(O)O.OCCOCCO. The van der Waals surface area contributed by atoms with Crippen LogP contribution < -0.4 is 0 Å². The number of carboxylic acid groups (broad SMARTS) is 2. The lowest BCUT2D eigenvalue weighted by Crippen LogP contribution is -2.03. The minimum atomic E-state index is -1.83. The first kappa shape index (κ1) is 18.6. The molecule has 0 aliphatic rings. The molecule has 0 aromatic rings. The largest absolute Gasteiger partial charge is 0.503 e. The van der Waals surface area contributed by atoms with Crippen LogP contribution in [0.25, 0.3) is 0 Å². The lowest BCUT2D eigenvalue weighted by molar-refractivity contribution is 0.0650. The Morgan fingerprint density at radius 1 is 1.29 bits per heavy atom. The Labute approximate surface area is 83.1 Å². The quantitative estimate of drug-likeness (QED) is 0.395. The van der Waals surface area contributed by atoms with Crippen molar-refractivity contribution in [1.29, 1.82) is 0 Å². The van der Waals surface area contributed by atoms with Crippen LogP contribution in [0.1, 0.15) is 6.92 Å². The molecule has 0 radical (unpaired) electrons. The van der Waals surface area contributed by atoms with E-state index in [1.807, 2.05) is 6.92 Å². The molecule has 14 heavy (non-hydrogen) atoms. The Morgan fingerprint density at radius 3 is 1.64 bits per heavy atom. The van der Waals surface area contributed by atoms with Gasteiger partial charge in [0.25, 0.3) is 0 Å². The van der Waals surface area contributed by atoms with Gasteiger partial charge in [-0.2, -0.15) is 0 Å². The maximum absolute atomic E-state index is 8.56. The second-order valence-electron chi connectivity index (χ2n) is 1.75. The van der Waals surface area contributed by atoms with Crippen LogP contribution in [0.2, 0.25) is 0 Å². The van der Waals surface area contributed by atoms with E-state index in [4.69, 9.17) is 25.2 Å². The molecule has 0 amide bonds. The molecular weight excluding hydrogens is 192 g/mol. The van der Waals surface area contributed by atoms with Crippen molar-refractivity contribution in [2.75, 3.05) is 26.4 Å². The van der Waals surface area contributed by atoms with Gasteiger partial charge in [-0.15, -0.1) is 6.58 Å². The molecule has 4 N–H and O–H groups in total. The van der Waals surface area contributed by atoms with Crippen molar-refractivity contribution in [3.63, 3.8) is 0 Å². The topological polar surface area (TPSA) is 107 Å². The summed E-state index contributed by atoms with van der Waals surface area (Å²) >= 11 is 0. The van der Waals surface area contributed by atoms with Crippen LogP contribution in [0.5, 0.6) is 0 Å². The molecule has 0 heterocycles. The van der Waals surface area contributed by atoms with Crippen molar-refractivity contribution in [3.05, 3.63) is 12.7 Å². The minimum Gasteiger partial charge on any atom is -0.450 e. The fraction of sp³-hybridized carbons (Fsp3) is 0.625. The summed E-state index contributed by atoms with van der Waals surface area (Å²) in [5.41, 5.74) is 0. The first-order chi connectivity index (χ1) is 6.56. The first-order valence-corrected chi connectivity index (χ1v) is 3.85. The van der Waals surface area contributed by atoms with Crippen molar-refractivity contribution in [1.82, 2.24) is 0 Å². The van der Waals surface area contributed by atoms with E-state index in [9.17, 15) is 0 Å². The summed E-state index contributed by atoms with van der Waals surface area (Å²) < 4.78 is 4.63. The van der Waals surface area contributed by atoms with E-state index in [1.165, 1.54) is 0 Å². The molecule has 0 atom stereocenters. The maximum Gasteiger partial charge on any atom is 0.503 e. The molecule has 0 saturated heterocycles. The number of allylic oxidation sites excluding steroid dienone is 1. The van der Waals surface area contributed by atoms with E-state index in [1.54, 1.807) is 6.08 Å². The second-order valence-corrected chi connectivity index (χ2v) is 1.75. The third-order valence-electron chi connectivity index (χ3n) is 0.471. The number of rotatable bonds is 4. The molecule has 0 spiro atoms. The highest BCUT2D eigenvalue weighted by molar-refractivity contribution is 5.53. The lowest BCUT2D eigenvalue weighted by atomic mass is 10.7. The van der Waals surface area contributed by atoms with E-state index < -0.39 is 6.16 Å². The first-order valence-electron chi connectivity index (χ1n) is 3.85. The number of ether oxygens (including phenoxy) is 1. The minimum absolute atomic E-state index is 0.0278. The van der Waals surface area contributed by atoms with Crippen molar-refractivity contribution in [3.8, 4) is 0 Å². The van der Waals surface area contributed by atoms with Gasteiger partial charge in [-0.05, 0) is 6.92 Å². The number of hydrogen-bond acceptors (Lipinski definition) is 4. The monoisotopic (exact) mass is 210 g/mol. The predicted molar refractivity (Wildman–Crippen MR) is 51.5 cm³/mol. The molecule has 6 nitrogen and oxygen atoms in total. The van der Waals surface area contributed by atoms with Gasteiger partial charge in [0, 0.05) is 0 Å². The molecule has 0 aliphatic carbocycles. The van der Waals surface area contributed by atoms with Crippen molar-refractivity contribution < 1.29 is 30.0 Å².